The van der Waals surface area contributed by atoms with Crippen LogP contribution in [0.25, 0.3) is 0 Å². The Morgan fingerprint density at radius 3 is 2.38 bits per heavy atom. The Morgan fingerprint density at radius 1 is 1.31 bits per heavy atom. The van der Waals surface area contributed by atoms with E-state index in [0.717, 1.165) is 18.4 Å². The largest absolute Gasteiger partial charge is 0.315 e. The first-order valence-electron chi connectivity index (χ1n) is 5.71. The molecule has 0 spiro atoms. The van der Waals surface area contributed by atoms with Gasteiger partial charge in [-0.15, -0.1) is 0 Å². The second kappa shape index (κ2) is 5.61. The smallest absolute Gasteiger partial charge is 0.0107 e. The Kier molecular flexibility index (Phi) is 4.74. The first kappa shape index (κ1) is 11.0. The Hall–Kier alpha value is -0.0800. The summed E-state index contributed by atoms with van der Waals surface area (Å²) < 4.78 is 0. The van der Waals surface area contributed by atoms with Crippen LogP contribution in [0.2, 0.25) is 0 Å². The fourth-order valence-electron chi connectivity index (χ4n) is 1.75. The summed E-state index contributed by atoms with van der Waals surface area (Å²) in [6.07, 6.45) is 1.44. The predicted molar refractivity (Wildman–Crippen MR) is 57.9 cm³/mol. The zero-order valence-electron chi connectivity index (χ0n) is 9.34. The molecule has 2 heteroatoms. The van der Waals surface area contributed by atoms with Crippen molar-refractivity contribution < 1.29 is 0 Å². The van der Waals surface area contributed by atoms with Crippen molar-refractivity contribution in [1.82, 2.24) is 10.2 Å². The number of hydrogen-bond acceptors (Lipinski definition) is 2. The van der Waals surface area contributed by atoms with Gasteiger partial charge in [-0.3, -0.25) is 0 Å². The first-order chi connectivity index (χ1) is 6.27. The normalized spacial score (nSPS) is 26.8. The van der Waals surface area contributed by atoms with E-state index >= 15 is 0 Å². The van der Waals surface area contributed by atoms with Crippen LogP contribution < -0.4 is 5.32 Å². The topological polar surface area (TPSA) is 15.3 Å². The SMILES string of the molecule is CCN(CC)CCNCC1CC1C. The molecule has 0 bridgehead atoms. The number of likely N-dealkylation sites (N-methyl/N-ethyl adjacent to an activating group) is 1. The van der Waals surface area contributed by atoms with E-state index in [1.807, 2.05) is 0 Å². The van der Waals surface area contributed by atoms with E-state index < -0.39 is 0 Å². The second-order valence-corrected chi connectivity index (χ2v) is 4.20. The third-order valence-corrected chi connectivity index (χ3v) is 3.18. The van der Waals surface area contributed by atoms with Crippen molar-refractivity contribution in [3.05, 3.63) is 0 Å². The molecule has 0 aromatic rings. The molecule has 0 saturated heterocycles. The van der Waals surface area contributed by atoms with Gasteiger partial charge in [0.2, 0.25) is 0 Å². The Morgan fingerprint density at radius 2 is 1.92 bits per heavy atom. The summed E-state index contributed by atoms with van der Waals surface area (Å²) >= 11 is 0. The molecule has 2 atom stereocenters. The van der Waals surface area contributed by atoms with E-state index in [2.05, 4.69) is 31.0 Å². The summed E-state index contributed by atoms with van der Waals surface area (Å²) in [5.74, 6) is 1.97. The van der Waals surface area contributed by atoms with Crippen molar-refractivity contribution in [2.75, 3.05) is 32.7 Å². The van der Waals surface area contributed by atoms with Crippen LogP contribution in [0.5, 0.6) is 0 Å². The van der Waals surface area contributed by atoms with Gasteiger partial charge in [-0.25, -0.2) is 0 Å². The minimum absolute atomic E-state index is 0.983. The Bertz CT molecular complexity index is 132. The van der Waals surface area contributed by atoms with Gasteiger partial charge in [0.1, 0.15) is 0 Å². The van der Waals surface area contributed by atoms with Crippen LogP contribution in [-0.2, 0) is 0 Å². The minimum Gasteiger partial charge on any atom is -0.315 e. The van der Waals surface area contributed by atoms with Gasteiger partial charge >= 0.3 is 0 Å². The lowest BCUT2D eigenvalue weighted by Crippen LogP contribution is -2.32. The molecule has 13 heavy (non-hydrogen) atoms. The lowest BCUT2D eigenvalue weighted by molar-refractivity contribution is 0.301. The van der Waals surface area contributed by atoms with Crippen LogP contribution in [0.15, 0.2) is 0 Å². The van der Waals surface area contributed by atoms with Crippen molar-refractivity contribution in [3.63, 3.8) is 0 Å². The Labute approximate surface area is 82.7 Å². The van der Waals surface area contributed by atoms with Gasteiger partial charge in [0.15, 0.2) is 0 Å². The maximum atomic E-state index is 3.54. The fourth-order valence-corrected chi connectivity index (χ4v) is 1.75. The van der Waals surface area contributed by atoms with Crippen LogP contribution in [0, 0.1) is 11.8 Å². The molecule has 2 unspecified atom stereocenters. The van der Waals surface area contributed by atoms with E-state index in [1.165, 1.54) is 32.6 Å². The molecule has 1 saturated carbocycles. The molecule has 0 aliphatic heterocycles. The van der Waals surface area contributed by atoms with Gasteiger partial charge in [-0.1, -0.05) is 20.8 Å². The highest BCUT2D eigenvalue weighted by Gasteiger charge is 2.31. The quantitative estimate of drug-likeness (QED) is 0.604. The first-order valence-corrected chi connectivity index (χ1v) is 5.71. The molecular weight excluding hydrogens is 160 g/mol. The monoisotopic (exact) mass is 184 g/mol. The third-order valence-electron chi connectivity index (χ3n) is 3.18. The molecule has 1 aliphatic carbocycles. The highest BCUT2D eigenvalue weighted by molar-refractivity contribution is 4.83. The average Bonchev–Trinajstić information content (AvgIpc) is 2.83. The van der Waals surface area contributed by atoms with E-state index in [4.69, 9.17) is 0 Å². The molecule has 1 N–H and O–H groups in total. The maximum absolute atomic E-state index is 3.54. The van der Waals surface area contributed by atoms with Gasteiger partial charge in [0, 0.05) is 13.1 Å². The standard InChI is InChI=1S/C11H24N2/c1-4-13(5-2)7-6-12-9-11-8-10(11)3/h10-12H,4-9H2,1-3H3. The molecular formula is C11H24N2. The summed E-state index contributed by atoms with van der Waals surface area (Å²) in [5.41, 5.74) is 0. The molecule has 0 aromatic heterocycles. The van der Waals surface area contributed by atoms with Gasteiger partial charge in [0.25, 0.3) is 0 Å². The summed E-state index contributed by atoms with van der Waals surface area (Å²) in [7, 11) is 0. The number of nitrogens with one attached hydrogen (secondary N) is 1. The van der Waals surface area contributed by atoms with Crippen LogP contribution >= 0.6 is 0 Å². The molecule has 1 rings (SSSR count). The summed E-state index contributed by atoms with van der Waals surface area (Å²) in [6.45, 7) is 12.8. The van der Waals surface area contributed by atoms with Gasteiger partial charge in [-0.2, -0.15) is 0 Å². The third kappa shape index (κ3) is 4.10. The summed E-state index contributed by atoms with van der Waals surface area (Å²) in [5, 5.41) is 3.54. The van der Waals surface area contributed by atoms with Crippen molar-refractivity contribution >= 4 is 0 Å². The fraction of sp³-hybridized carbons (Fsp3) is 1.00. The van der Waals surface area contributed by atoms with Gasteiger partial charge in [-0.05, 0) is 37.9 Å². The molecule has 1 fully saturated rings. The van der Waals surface area contributed by atoms with Gasteiger partial charge in [0.05, 0.1) is 0 Å². The number of hydrogen-bond donors (Lipinski definition) is 1. The molecule has 1 aliphatic rings. The van der Waals surface area contributed by atoms with Crippen LogP contribution in [0.4, 0.5) is 0 Å². The molecule has 0 amide bonds. The minimum atomic E-state index is 0.983. The molecule has 0 aromatic carbocycles. The van der Waals surface area contributed by atoms with Crippen molar-refractivity contribution in [3.8, 4) is 0 Å². The maximum Gasteiger partial charge on any atom is 0.0107 e. The van der Waals surface area contributed by atoms with E-state index in [9.17, 15) is 0 Å². The second-order valence-electron chi connectivity index (χ2n) is 4.20. The predicted octanol–water partition coefficient (Wildman–Crippen LogP) is 1.57. The van der Waals surface area contributed by atoms with Crippen molar-refractivity contribution in [2.45, 2.75) is 27.2 Å². The van der Waals surface area contributed by atoms with Crippen molar-refractivity contribution in [2.24, 2.45) is 11.8 Å². The molecule has 0 radical (unpaired) electrons. The van der Waals surface area contributed by atoms with Crippen LogP contribution in [0.1, 0.15) is 27.2 Å². The van der Waals surface area contributed by atoms with Crippen LogP contribution in [0.3, 0.4) is 0 Å². The molecule has 2 nitrogen and oxygen atoms in total. The summed E-state index contributed by atoms with van der Waals surface area (Å²) in [6, 6.07) is 0. The zero-order valence-corrected chi connectivity index (χ0v) is 9.34. The van der Waals surface area contributed by atoms with E-state index in [-0.39, 0.29) is 0 Å². The summed E-state index contributed by atoms with van der Waals surface area (Å²) in [4.78, 5) is 2.46. The highest BCUT2D eigenvalue weighted by atomic mass is 15.1. The zero-order chi connectivity index (χ0) is 9.68. The Balaban J connectivity index is 1.88. The van der Waals surface area contributed by atoms with Gasteiger partial charge < -0.3 is 10.2 Å². The van der Waals surface area contributed by atoms with E-state index in [0.29, 0.717) is 0 Å². The van der Waals surface area contributed by atoms with Crippen molar-refractivity contribution in [1.29, 1.82) is 0 Å². The lowest BCUT2D eigenvalue weighted by Gasteiger charge is -2.17. The molecule has 78 valence electrons. The van der Waals surface area contributed by atoms with Crippen LogP contribution in [-0.4, -0.2) is 37.6 Å². The lowest BCUT2D eigenvalue weighted by atomic mass is 10.3. The van der Waals surface area contributed by atoms with E-state index in [1.54, 1.807) is 0 Å². The average molecular weight is 184 g/mol. The number of nitrogens with zero attached hydrogens (tertiary/aromatic N) is 1. The molecule has 0 heterocycles. The highest BCUT2D eigenvalue weighted by Crippen LogP contribution is 2.36. The number of rotatable bonds is 7.